The van der Waals surface area contributed by atoms with Crippen molar-refractivity contribution in [1.29, 1.82) is 0 Å². The third-order valence-corrected chi connectivity index (χ3v) is 6.33. The molecule has 0 amide bonds. The smallest absolute Gasteiger partial charge is 0.259 e. The van der Waals surface area contributed by atoms with Crippen LogP contribution in [0.4, 0.5) is 5.95 Å². The molecule has 0 saturated heterocycles. The maximum atomic E-state index is 13.8. The van der Waals surface area contributed by atoms with E-state index in [9.17, 15) is 4.79 Å². The second-order valence-corrected chi connectivity index (χ2v) is 7.95. The van der Waals surface area contributed by atoms with E-state index in [-0.39, 0.29) is 11.0 Å². The summed E-state index contributed by atoms with van der Waals surface area (Å²) in [5.41, 5.74) is 6.46. The lowest BCUT2D eigenvalue weighted by molar-refractivity contribution is 0.283. The second-order valence-electron chi connectivity index (χ2n) is 7.95. The number of aromatic nitrogens is 2. The maximum absolute atomic E-state index is 13.8. The lowest BCUT2D eigenvalue weighted by Gasteiger charge is -2.42. The van der Waals surface area contributed by atoms with Crippen LogP contribution < -0.4 is 16.8 Å². The SMILES string of the molecule is NNc1nc2c(c(=O)n1Cc1ccco1)C1(CCCCC1)Cc1ccccc1-2. The fourth-order valence-electron chi connectivity index (χ4n) is 5.06. The zero-order valence-corrected chi connectivity index (χ0v) is 15.8. The monoisotopic (exact) mass is 376 g/mol. The summed E-state index contributed by atoms with van der Waals surface area (Å²) in [6.45, 7) is 0.309. The van der Waals surface area contributed by atoms with Crippen LogP contribution in [0, 0.1) is 0 Å². The third-order valence-electron chi connectivity index (χ3n) is 6.33. The van der Waals surface area contributed by atoms with Crippen molar-refractivity contribution in [1.82, 2.24) is 9.55 Å². The largest absolute Gasteiger partial charge is 0.467 e. The third kappa shape index (κ3) is 2.59. The molecule has 144 valence electrons. The van der Waals surface area contributed by atoms with Gasteiger partial charge in [-0.2, -0.15) is 0 Å². The summed E-state index contributed by atoms with van der Waals surface area (Å²) >= 11 is 0. The molecule has 3 N–H and O–H groups in total. The van der Waals surface area contributed by atoms with Crippen molar-refractivity contribution in [3.63, 3.8) is 0 Å². The summed E-state index contributed by atoms with van der Waals surface area (Å²) < 4.78 is 7.09. The molecule has 3 aromatic rings. The van der Waals surface area contributed by atoms with Gasteiger partial charge in [0.25, 0.3) is 5.56 Å². The van der Waals surface area contributed by atoms with Gasteiger partial charge in [0.15, 0.2) is 0 Å². The molecule has 2 aromatic heterocycles. The van der Waals surface area contributed by atoms with Crippen LogP contribution in [0.15, 0.2) is 51.9 Å². The molecule has 1 aromatic carbocycles. The van der Waals surface area contributed by atoms with E-state index in [4.69, 9.17) is 15.2 Å². The lowest BCUT2D eigenvalue weighted by Crippen LogP contribution is -2.43. The van der Waals surface area contributed by atoms with E-state index < -0.39 is 0 Å². The Morgan fingerprint density at radius 2 is 1.96 bits per heavy atom. The van der Waals surface area contributed by atoms with Crippen LogP contribution in [-0.2, 0) is 18.4 Å². The van der Waals surface area contributed by atoms with E-state index in [0.717, 1.165) is 48.9 Å². The highest BCUT2D eigenvalue weighted by Crippen LogP contribution is 2.48. The van der Waals surface area contributed by atoms with Gasteiger partial charge in [-0.25, -0.2) is 10.8 Å². The molecule has 6 heteroatoms. The van der Waals surface area contributed by atoms with Gasteiger partial charge in [-0.3, -0.25) is 14.8 Å². The first kappa shape index (κ1) is 17.3. The number of hydrogen-bond donors (Lipinski definition) is 2. The van der Waals surface area contributed by atoms with Crippen LogP contribution in [0.25, 0.3) is 11.3 Å². The van der Waals surface area contributed by atoms with Crippen LogP contribution in [0.1, 0.15) is 49.0 Å². The van der Waals surface area contributed by atoms with Gasteiger partial charge in [0.2, 0.25) is 5.95 Å². The maximum Gasteiger partial charge on any atom is 0.259 e. The first-order chi connectivity index (χ1) is 13.7. The Morgan fingerprint density at radius 3 is 2.71 bits per heavy atom. The molecule has 0 atom stereocenters. The number of rotatable bonds is 3. The van der Waals surface area contributed by atoms with E-state index in [1.165, 1.54) is 12.0 Å². The number of nitrogen functional groups attached to an aromatic ring is 1. The minimum absolute atomic E-state index is 0.00856. The van der Waals surface area contributed by atoms with Gasteiger partial charge in [0, 0.05) is 11.0 Å². The number of hydrazine groups is 1. The highest BCUT2D eigenvalue weighted by Gasteiger charge is 2.43. The Balaban J connectivity index is 1.77. The summed E-state index contributed by atoms with van der Waals surface area (Å²) in [6, 6.07) is 12.0. The zero-order chi connectivity index (χ0) is 19.1. The molecule has 6 nitrogen and oxygen atoms in total. The number of fused-ring (bicyclic) bond motifs is 4. The van der Waals surface area contributed by atoms with E-state index in [2.05, 4.69) is 23.6 Å². The first-order valence-electron chi connectivity index (χ1n) is 9.94. The van der Waals surface area contributed by atoms with Crippen molar-refractivity contribution in [2.24, 2.45) is 5.84 Å². The summed E-state index contributed by atoms with van der Waals surface area (Å²) in [5, 5.41) is 0. The molecule has 5 rings (SSSR count). The van der Waals surface area contributed by atoms with Crippen LogP contribution >= 0.6 is 0 Å². The Bertz CT molecular complexity index is 1060. The highest BCUT2D eigenvalue weighted by molar-refractivity contribution is 5.72. The number of furan rings is 1. The molecule has 28 heavy (non-hydrogen) atoms. The molecule has 2 aliphatic carbocycles. The lowest BCUT2D eigenvalue weighted by atomic mass is 9.62. The molecule has 2 aliphatic rings. The van der Waals surface area contributed by atoms with Crippen molar-refractivity contribution in [2.75, 3.05) is 5.43 Å². The van der Waals surface area contributed by atoms with E-state index in [0.29, 0.717) is 18.3 Å². The second kappa shape index (κ2) is 6.63. The number of anilines is 1. The fourth-order valence-corrected chi connectivity index (χ4v) is 5.06. The van der Waals surface area contributed by atoms with Crippen molar-refractivity contribution in [3.05, 3.63) is 69.9 Å². The van der Waals surface area contributed by atoms with Crippen molar-refractivity contribution in [3.8, 4) is 11.3 Å². The molecule has 1 saturated carbocycles. The number of nitrogens with two attached hydrogens (primary N) is 1. The number of nitrogens with one attached hydrogen (secondary N) is 1. The van der Waals surface area contributed by atoms with Gasteiger partial charge >= 0.3 is 0 Å². The van der Waals surface area contributed by atoms with Gasteiger partial charge in [-0.05, 0) is 37.0 Å². The van der Waals surface area contributed by atoms with E-state index in [1.54, 1.807) is 10.8 Å². The summed E-state index contributed by atoms with van der Waals surface area (Å²) in [7, 11) is 0. The van der Waals surface area contributed by atoms with Crippen LogP contribution in [0.2, 0.25) is 0 Å². The number of benzene rings is 1. The fraction of sp³-hybridized carbons (Fsp3) is 0.364. The topological polar surface area (TPSA) is 86.1 Å². The predicted molar refractivity (Wildman–Crippen MR) is 108 cm³/mol. The molecule has 2 heterocycles. The normalized spacial score (nSPS) is 17.2. The van der Waals surface area contributed by atoms with Crippen molar-refractivity contribution in [2.45, 2.75) is 50.5 Å². The summed E-state index contributed by atoms with van der Waals surface area (Å²) in [5.74, 6) is 6.84. The van der Waals surface area contributed by atoms with Gasteiger partial charge < -0.3 is 4.42 Å². The van der Waals surface area contributed by atoms with E-state index >= 15 is 0 Å². The van der Waals surface area contributed by atoms with Crippen LogP contribution in [0.5, 0.6) is 0 Å². The molecular formula is C22H24N4O2. The molecule has 0 radical (unpaired) electrons. The van der Waals surface area contributed by atoms with E-state index in [1.807, 2.05) is 18.2 Å². The van der Waals surface area contributed by atoms with Gasteiger partial charge in [0.05, 0.1) is 24.1 Å². The number of nitrogens with zero attached hydrogens (tertiary/aromatic N) is 2. The molecule has 0 bridgehead atoms. The molecular weight excluding hydrogens is 352 g/mol. The minimum Gasteiger partial charge on any atom is -0.467 e. The average molecular weight is 376 g/mol. The summed E-state index contributed by atoms with van der Waals surface area (Å²) in [4.78, 5) is 18.6. The predicted octanol–water partition coefficient (Wildman–Crippen LogP) is 3.60. The highest BCUT2D eigenvalue weighted by atomic mass is 16.3. The Morgan fingerprint density at radius 1 is 1.14 bits per heavy atom. The van der Waals surface area contributed by atoms with Gasteiger partial charge in [-0.1, -0.05) is 43.5 Å². The molecule has 0 unspecified atom stereocenters. The van der Waals surface area contributed by atoms with Crippen LogP contribution in [-0.4, -0.2) is 9.55 Å². The Kier molecular flexibility index (Phi) is 4.09. The molecule has 1 fully saturated rings. The minimum atomic E-state index is -0.135. The average Bonchev–Trinajstić information content (AvgIpc) is 3.23. The Labute approximate surface area is 163 Å². The van der Waals surface area contributed by atoms with Crippen molar-refractivity contribution >= 4 is 5.95 Å². The number of hydrogen-bond acceptors (Lipinski definition) is 5. The standard InChI is InChI=1S/C22H24N4O2/c23-25-21-24-19-17-9-3-2-7-15(17)13-22(10-4-1-5-11-22)18(19)20(27)26(21)14-16-8-6-12-28-16/h2-3,6-9,12H,1,4-5,10-11,13-14,23H2,(H,24,25). The van der Waals surface area contributed by atoms with Gasteiger partial charge in [-0.15, -0.1) is 0 Å². The quantitative estimate of drug-likeness (QED) is 0.539. The van der Waals surface area contributed by atoms with Crippen LogP contribution in [0.3, 0.4) is 0 Å². The molecule has 1 spiro atoms. The zero-order valence-electron chi connectivity index (χ0n) is 15.8. The Hall–Kier alpha value is -2.86. The molecule has 0 aliphatic heterocycles. The summed E-state index contributed by atoms with van der Waals surface area (Å²) in [6.07, 6.45) is 8.11. The van der Waals surface area contributed by atoms with Crippen molar-refractivity contribution < 1.29 is 4.42 Å². The van der Waals surface area contributed by atoms with Gasteiger partial charge in [0.1, 0.15) is 5.76 Å². The first-order valence-corrected chi connectivity index (χ1v) is 9.94.